The zero-order valence-electron chi connectivity index (χ0n) is 38.6. The molecule has 3 heteroatoms. The van der Waals surface area contributed by atoms with E-state index in [-0.39, 0.29) is 0 Å². The Morgan fingerprint density at radius 1 is 0.443 bits per heavy atom. The second kappa shape index (κ2) is 18.5. The van der Waals surface area contributed by atoms with Gasteiger partial charge in [0.1, 0.15) is 11.2 Å². The van der Waals surface area contributed by atoms with Crippen LogP contribution in [0.5, 0.6) is 0 Å². The molecular formula is C67H48N2O. The number of benzene rings is 10. The molecule has 0 saturated heterocycles. The molecular weight excluding hydrogens is 849 g/mol. The van der Waals surface area contributed by atoms with Gasteiger partial charge in [-0.1, -0.05) is 219 Å². The quantitative estimate of drug-likeness (QED) is 0.114. The lowest BCUT2D eigenvalue weighted by Gasteiger charge is -2.25. The van der Waals surface area contributed by atoms with Crippen molar-refractivity contribution in [3.8, 4) is 50.2 Å². The summed E-state index contributed by atoms with van der Waals surface area (Å²) in [5.74, 6) is 0. The van der Waals surface area contributed by atoms with E-state index in [0.717, 1.165) is 66.8 Å². The van der Waals surface area contributed by atoms with E-state index in [1.807, 2.05) is 18.2 Å². The second-order valence-electron chi connectivity index (χ2n) is 17.6. The van der Waals surface area contributed by atoms with Crippen molar-refractivity contribution in [2.24, 2.45) is 0 Å². The van der Waals surface area contributed by atoms with Crippen LogP contribution >= 0.6 is 0 Å². The fourth-order valence-electron chi connectivity index (χ4n) is 10.2. The van der Waals surface area contributed by atoms with Crippen LogP contribution in [-0.2, 0) is 0 Å². The molecule has 0 amide bonds. The highest BCUT2D eigenvalue weighted by molar-refractivity contribution is 6.10. The van der Waals surface area contributed by atoms with Gasteiger partial charge < -0.3 is 13.9 Å². The van der Waals surface area contributed by atoms with Crippen molar-refractivity contribution >= 4 is 60.7 Å². The molecule has 12 rings (SSSR count). The first kappa shape index (κ1) is 42.2. The average molecular weight is 897 g/mol. The van der Waals surface area contributed by atoms with Crippen LogP contribution in [0.4, 0.5) is 11.4 Å². The summed E-state index contributed by atoms with van der Waals surface area (Å²) in [7, 11) is 0. The number of hydrogen-bond donors (Lipinski definition) is 0. The van der Waals surface area contributed by atoms with Crippen molar-refractivity contribution in [3.05, 3.63) is 279 Å². The van der Waals surface area contributed by atoms with Gasteiger partial charge in [0.05, 0.1) is 16.7 Å². The minimum atomic E-state index is 0.611. The minimum absolute atomic E-state index is 0.611. The molecule has 0 atom stereocenters. The van der Waals surface area contributed by atoms with Crippen molar-refractivity contribution < 1.29 is 4.42 Å². The molecule has 3 nitrogen and oxygen atoms in total. The molecule has 10 aromatic carbocycles. The van der Waals surface area contributed by atoms with E-state index in [1.165, 1.54) is 49.6 Å². The van der Waals surface area contributed by atoms with Crippen LogP contribution in [0.25, 0.3) is 99.5 Å². The van der Waals surface area contributed by atoms with Crippen LogP contribution < -0.4 is 4.90 Å². The summed E-state index contributed by atoms with van der Waals surface area (Å²) >= 11 is 0. The molecule has 2 aromatic heterocycles. The first-order chi connectivity index (χ1) is 34.7. The van der Waals surface area contributed by atoms with Gasteiger partial charge in [0, 0.05) is 50.6 Å². The summed E-state index contributed by atoms with van der Waals surface area (Å²) in [6, 6.07) is 87.0. The third-order valence-electron chi connectivity index (χ3n) is 13.5. The molecule has 0 aliphatic heterocycles. The number of allylic oxidation sites excluding steroid dienone is 4. The Morgan fingerprint density at radius 3 is 1.74 bits per heavy atom. The summed E-state index contributed by atoms with van der Waals surface area (Å²) in [5.41, 5.74) is 18.9. The molecule has 0 spiro atoms. The minimum Gasteiger partial charge on any atom is -0.455 e. The third kappa shape index (κ3) is 7.80. The highest BCUT2D eigenvalue weighted by Gasteiger charge is 2.18. The Bertz CT molecular complexity index is 3890. The summed E-state index contributed by atoms with van der Waals surface area (Å²) in [6.45, 7) is 4.71. The van der Waals surface area contributed by atoms with Crippen LogP contribution in [0.3, 0.4) is 0 Å². The topological polar surface area (TPSA) is 21.3 Å². The van der Waals surface area contributed by atoms with E-state index in [9.17, 15) is 0 Å². The number of hydrogen-bond acceptors (Lipinski definition) is 2. The van der Waals surface area contributed by atoms with Crippen LogP contribution in [0.2, 0.25) is 0 Å². The molecule has 0 fully saturated rings. The van der Waals surface area contributed by atoms with Crippen molar-refractivity contribution in [2.75, 3.05) is 11.4 Å². The smallest absolute Gasteiger partial charge is 0.143 e. The van der Waals surface area contributed by atoms with Crippen LogP contribution in [-0.4, -0.2) is 11.1 Å². The Labute approximate surface area is 408 Å². The number of furan rings is 1. The van der Waals surface area contributed by atoms with Gasteiger partial charge >= 0.3 is 0 Å². The summed E-state index contributed by atoms with van der Waals surface area (Å²) in [4.78, 5) is 2.39. The van der Waals surface area contributed by atoms with E-state index in [1.54, 1.807) is 0 Å². The van der Waals surface area contributed by atoms with Crippen molar-refractivity contribution in [2.45, 2.75) is 0 Å². The van der Waals surface area contributed by atoms with Gasteiger partial charge in [-0.05, 0) is 99.1 Å². The van der Waals surface area contributed by atoms with Gasteiger partial charge in [-0.15, -0.1) is 0 Å². The number of fused-ring (bicyclic) bond motifs is 6. The highest BCUT2D eigenvalue weighted by Crippen LogP contribution is 2.40. The highest BCUT2D eigenvalue weighted by atomic mass is 16.3. The molecule has 2 heterocycles. The number of anilines is 2. The second-order valence-corrected chi connectivity index (χ2v) is 17.6. The van der Waals surface area contributed by atoms with E-state index in [4.69, 9.17) is 4.42 Å². The van der Waals surface area contributed by atoms with Crippen molar-refractivity contribution in [3.63, 3.8) is 0 Å². The lowest BCUT2D eigenvalue weighted by molar-refractivity contribution is 0.668. The molecule has 70 heavy (non-hydrogen) atoms. The fraction of sp³-hybridized carbons (Fsp3) is 0.0149. The van der Waals surface area contributed by atoms with Gasteiger partial charge in [0.25, 0.3) is 0 Å². The van der Waals surface area contributed by atoms with Gasteiger partial charge in [-0.2, -0.15) is 0 Å². The SMILES string of the molecule is C=C/C=C(\C=C/CN(c1ccc(-c2ccccc2-c2ccccc2)cc1)c1cccc(-c2cccc(-c3ccccc3-n3c4ccccc4c4ccccc43)c2)c1)c1cccc2c1oc1ccccc12. The largest absolute Gasteiger partial charge is 0.455 e. The molecule has 0 radical (unpaired) electrons. The zero-order chi connectivity index (χ0) is 46.8. The first-order valence-corrected chi connectivity index (χ1v) is 23.9. The van der Waals surface area contributed by atoms with Crippen molar-refractivity contribution in [1.29, 1.82) is 0 Å². The van der Waals surface area contributed by atoms with Gasteiger partial charge in [0.2, 0.25) is 0 Å². The van der Waals surface area contributed by atoms with Crippen LogP contribution in [0.15, 0.2) is 278 Å². The molecule has 332 valence electrons. The van der Waals surface area contributed by atoms with E-state index < -0.39 is 0 Å². The van der Waals surface area contributed by atoms with Gasteiger partial charge in [0.15, 0.2) is 0 Å². The maximum absolute atomic E-state index is 6.49. The average Bonchev–Trinajstić information content (AvgIpc) is 3.98. The normalized spacial score (nSPS) is 11.9. The van der Waals surface area contributed by atoms with Crippen LogP contribution in [0.1, 0.15) is 5.56 Å². The zero-order valence-corrected chi connectivity index (χ0v) is 38.6. The molecule has 0 bridgehead atoms. The molecule has 0 N–H and O–H groups in total. The summed E-state index contributed by atoms with van der Waals surface area (Å²) in [6.07, 6.45) is 8.36. The standard InChI is InChI=1S/C67H48N2O/c1-2-20-47(58-34-18-35-62-61-33-11-15-39-66(61)70-67(58)62)26-19-44-68(53-42-40-49(41-43-53)56-29-7-6-28-55(56)48-21-4-3-5-22-48)54-27-17-24-51(46-54)50-23-16-25-52(45-50)57-30-8-12-36-63(57)69-64-37-13-9-31-59(64)60-32-10-14-38-65(60)69/h2-43,45-46H,1,44H2/b26-19-,47-20+. The van der Waals surface area contributed by atoms with Crippen molar-refractivity contribution in [1.82, 2.24) is 4.57 Å². The number of para-hydroxylation sites is 5. The Morgan fingerprint density at radius 2 is 1.00 bits per heavy atom. The third-order valence-corrected chi connectivity index (χ3v) is 13.5. The fourth-order valence-corrected chi connectivity index (χ4v) is 10.2. The monoisotopic (exact) mass is 896 g/mol. The summed E-state index contributed by atoms with van der Waals surface area (Å²) < 4.78 is 8.91. The molecule has 0 aliphatic rings. The number of aromatic nitrogens is 1. The van der Waals surface area contributed by atoms with Gasteiger partial charge in [-0.3, -0.25) is 0 Å². The summed E-state index contributed by atoms with van der Waals surface area (Å²) in [5, 5.41) is 4.71. The lowest BCUT2D eigenvalue weighted by Crippen LogP contribution is -2.17. The molecule has 0 saturated carbocycles. The molecule has 12 aromatic rings. The Balaban J connectivity index is 0.926. The molecule has 0 unspecified atom stereocenters. The number of nitrogens with zero attached hydrogens (tertiary/aromatic N) is 2. The maximum atomic E-state index is 6.49. The van der Waals surface area contributed by atoms with E-state index in [0.29, 0.717) is 6.54 Å². The Kier molecular flexibility index (Phi) is 11.1. The Hall–Kier alpha value is -9.18. The predicted molar refractivity (Wildman–Crippen MR) is 297 cm³/mol. The van der Waals surface area contributed by atoms with Gasteiger partial charge in [-0.25, -0.2) is 0 Å². The predicted octanol–water partition coefficient (Wildman–Crippen LogP) is 18.3. The van der Waals surface area contributed by atoms with Crippen LogP contribution in [0, 0.1) is 0 Å². The molecule has 0 aliphatic carbocycles. The maximum Gasteiger partial charge on any atom is 0.143 e. The van der Waals surface area contributed by atoms with E-state index >= 15 is 0 Å². The van der Waals surface area contributed by atoms with E-state index in [2.05, 4.69) is 265 Å². The number of rotatable bonds is 12. The lowest BCUT2D eigenvalue weighted by atomic mass is 9.94. The first-order valence-electron chi connectivity index (χ1n) is 23.9.